The lowest BCUT2D eigenvalue weighted by atomic mass is 9.85. The molecule has 0 saturated heterocycles. The van der Waals surface area contributed by atoms with Gasteiger partial charge in [-0.3, -0.25) is 0 Å². The molecular formula is C16H8F18. The van der Waals surface area contributed by atoms with E-state index < -0.39 is 82.3 Å². The van der Waals surface area contributed by atoms with Gasteiger partial charge in [0.15, 0.2) is 0 Å². The first-order chi connectivity index (χ1) is 14.5. The molecule has 0 aliphatic heterocycles. The Balaban J connectivity index is 4.07. The first-order valence-corrected chi connectivity index (χ1v) is 8.06. The van der Waals surface area contributed by atoms with Crippen LogP contribution >= 0.6 is 0 Å². The van der Waals surface area contributed by atoms with Gasteiger partial charge in [-0.1, -0.05) is 0 Å². The van der Waals surface area contributed by atoms with E-state index in [0.29, 0.717) is 13.8 Å². The highest BCUT2D eigenvalue weighted by Gasteiger charge is 2.85. The number of hydrogen-bond acceptors (Lipinski definition) is 0. The van der Waals surface area contributed by atoms with Crippen molar-refractivity contribution in [1.29, 1.82) is 0 Å². The highest BCUT2D eigenvalue weighted by atomic mass is 19.4. The molecule has 0 aromatic heterocycles. The van der Waals surface area contributed by atoms with Crippen LogP contribution in [0.5, 0.6) is 0 Å². The summed E-state index contributed by atoms with van der Waals surface area (Å²) in [5, 5.41) is 0. The van der Waals surface area contributed by atoms with E-state index >= 15 is 0 Å². The summed E-state index contributed by atoms with van der Waals surface area (Å²) in [6, 6.07) is -1.47. The lowest BCUT2D eigenvalue weighted by Crippen LogP contribution is -2.61. The van der Waals surface area contributed by atoms with E-state index in [4.69, 9.17) is 0 Å². The van der Waals surface area contributed by atoms with Crippen molar-refractivity contribution in [3.8, 4) is 0 Å². The highest BCUT2D eigenvalue weighted by molar-refractivity contribution is 5.44. The van der Waals surface area contributed by atoms with Crippen molar-refractivity contribution < 1.29 is 79.0 Å². The van der Waals surface area contributed by atoms with Crippen LogP contribution < -0.4 is 0 Å². The molecule has 1 aromatic carbocycles. The Kier molecular flexibility index (Phi) is 6.82. The Labute approximate surface area is 176 Å². The van der Waals surface area contributed by atoms with Crippen LogP contribution in [-0.4, -0.2) is 36.0 Å². The molecule has 0 heterocycles. The quantitative estimate of drug-likeness (QED) is 0.319. The second kappa shape index (κ2) is 7.73. The van der Waals surface area contributed by atoms with Crippen molar-refractivity contribution in [2.75, 3.05) is 0 Å². The minimum absolute atomic E-state index is 0.541. The predicted molar refractivity (Wildman–Crippen MR) is 75.6 cm³/mol. The van der Waals surface area contributed by atoms with Gasteiger partial charge in [-0.15, -0.1) is 0 Å². The predicted octanol–water partition coefficient (Wildman–Crippen LogP) is 8.15. The largest absolute Gasteiger partial charge is 0.460 e. The maximum atomic E-state index is 14.3. The van der Waals surface area contributed by atoms with E-state index in [0.717, 1.165) is 0 Å². The molecule has 0 aliphatic carbocycles. The Morgan fingerprint density at radius 1 is 0.382 bits per heavy atom. The summed E-state index contributed by atoms with van der Waals surface area (Å²) >= 11 is 0. The Morgan fingerprint density at radius 3 is 0.765 bits per heavy atom. The number of benzene rings is 1. The topological polar surface area (TPSA) is 0 Å². The van der Waals surface area contributed by atoms with Gasteiger partial charge in [0.05, 0.1) is 0 Å². The van der Waals surface area contributed by atoms with E-state index in [1.54, 1.807) is 0 Å². The summed E-state index contributed by atoms with van der Waals surface area (Å²) in [4.78, 5) is 0. The van der Waals surface area contributed by atoms with Gasteiger partial charge in [-0.2, -0.15) is 79.0 Å². The standard InChI is InChI=1S/C16H8F18/c1-5-3-7(9(17,18)11(21,22)13(25,26)15(29,30)31)8(4-6(5)2)10(19,20)12(23,24)14(27,28)16(32,33)34/h3-4H,1-2H3. The average molecular weight is 542 g/mol. The van der Waals surface area contributed by atoms with E-state index in [1.807, 2.05) is 0 Å². The molecule has 0 unspecified atom stereocenters. The second-order valence-corrected chi connectivity index (χ2v) is 6.92. The number of halogens is 18. The third-order valence-electron chi connectivity index (χ3n) is 4.60. The first kappa shape index (κ1) is 30.0. The molecule has 0 aliphatic rings. The van der Waals surface area contributed by atoms with Gasteiger partial charge < -0.3 is 0 Å². The van der Waals surface area contributed by atoms with Crippen LogP contribution in [0, 0.1) is 13.8 Å². The van der Waals surface area contributed by atoms with Crippen molar-refractivity contribution in [2.45, 2.75) is 61.7 Å². The smallest absolute Gasteiger partial charge is 0.194 e. The zero-order chi connectivity index (χ0) is 27.7. The molecule has 0 spiro atoms. The normalized spacial score (nSPS) is 15.6. The number of alkyl halides is 18. The zero-order valence-corrected chi connectivity index (χ0v) is 16.0. The highest BCUT2D eigenvalue weighted by Crippen LogP contribution is 2.61. The molecule has 0 saturated carbocycles. The maximum absolute atomic E-state index is 14.3. The van der Waals surface area contributed by atoms with Crippen molar-refractivity contribution in [3.05, 3.63) is 34.4 Å². The minimum atomic E-state index is -7.72. The summed E-state index contributed by atoms with van der Waals surface area (Å²) in [7, 11) is 0. The van der Waals surface area contributed by atoms with Gasteiger partial charge in [0, 0.05) is 11.1 Å². The van der Waals surface area contributed by atoms with Crippen LogP contribution in [0.15, 0.2) is 12.1 Å². The molecule has 0 N–H and O–H groups in total. The molecule has 0 amide bonds. The van der Waals surface area contributed by atoms with Crippen LogP contribution in [-0.2, 0) is 11.8 Å². The van der Waals surface area contributed by atoms with Gasteiger partial charge in [0.2, 0.25) is 0 Å². The second-order valence-electron chi connectivity index (χ2n) is 6.92. The lowest BCUT2D eigenvalue weighted by molar-refractivity contribution is -0.404. The lowest BCUT2D eigenvalue weighted by Gasteiger charge is -2.38. The summed E-state index contributed by atoms with van der Waals surface area (Å²) in [6.07, 6.45) is -15.0. The Morgan fingerprint density at radius 2 is 0.588 bits per heavy atom. The summed E-state index contributed by atoms with van der Waals surface area (Å²) < 4.78 is 238. The van der Waals surface area contributed by atoms with Crippen LogP contribution in [0.25, 0.3) is 0 Å². The average Bonchev–Trinajstić information content (AvgIpc) is 2.60. The van der Waals surface area contributed by atoms with Crippen LogP contribution in [0.4, 0.5) is 79.0 Å². The molecule has 0 nitrogen and oxygen atoms in total. The van der Waals surface area contributed by atoms with Gasteiger partial charge in [-0.05, 0) is 37.1 Å². The van der Waals surface area contributed by atoms with Crippen molar-refractivity contribution in [2.24, 2.45) is 0 Å². The Bertz CT molecular complexity index is 842. The summed E-state index contributed by atoms with van der Waals surface area (Å²) in [6.45, 7) is 1.08. The molecule has 0 radical (unpaired) electrons. The van der Waals surface area contributed by atoms with Gasteiger partial charge in [0.25, 0.3) is 0 Å². The fraction of sp³-hybridized carbons (Fsp3) is 0.625. The Hall–Kier alpha value is -2.04. The molecule has 0 fully saturated rings. The fourth-order valence-electron chi connectivity index (χ4n) is 2.42. The zero-order valence-electron chi connectivity index (χ0n) is 16.0. The number of aryl methyl sites for hydroxylation is 2. The van der Waals surface area contributed by atoms with E-state index in [9.17, 15) is 79.0 Å². The third kappa shape index (κ3) is 3.93. The molecule has 1 aromatic rings. The van der Waals surface area contributed by atoms with Gasteiger partial charge in [-0.25, -0.2) is 0 Å². The first-order valence-electron chi connectivity index (χ1n) is 8.06. The number of rotatable bonds is 6. The van der Waals surface area contributed by atoms with E-state index in [1.165, 1.54) is 0 Å². The molecular weight excluding hydrogens is 534 g/mol. The van der Waals surface area contributed by atoms with Gasteiger partial charge in [0.1, 0.15) is 0 Å². The van der Waals surface area contributed by atoms with Crippen molar-refractivity contribution >= 4 is 0 Å². The SMILES string of the molecule is Cc1cc(C(F)(F)C(F)(F)C(F)(F)C(F)(F)F)c(C(F)(F)C(F)(F)C(F)(F)C(F)(F)F)cc1C. The summed E-state index contributed by atoms with van der Waals surface area (Å²) in [5.41, 5.74) is -8.78. The molecule has 1 rings (SSSR count). The molecule has 0 atom stereocenters. The van der Waals surface area contributed by atoms with Crippen LogP contribution in [0.3, 0.4) is 0 Å². The molecule has 0 bridgehead atoms. The van der Waals surface area contributed by atoms with E-state index in [-0.39, 0.29) is 0 Å². The minimum Gasteiger partial charge on any atom is -0.194 e. The van der Waals surface area contributed by atoms with Crippen LogP contribution in [0.1, 0.15) is 22.3 Å². The van der Waals surface area contributed by atoms with E-state index in [2.05, 4.69) is 0 Å². The monoisotopic (exact) mass is 542 g/mol. The maximum Gasteiger partial charge on any atom is 0.460 e. The van der Waals surface area contributed by atoms with Crippen molar-refractivity contribution in [1.82, 2.24) is 0 Å². The summed E-state index contributed by atoms with van der Waals surface area (Å²) in [5.74, 6) is -45.2. The van der Waals surface area contributed by atoms with Crippen molar-refractivity contribution in [3.63, 3.8) is 0 Å². The molecule has 18 heteroatoms. The van der Waals surface area contributed by atoms with Gasteiger partial charge >= 0.3 is 47.9 Å². The molecule has 34 heavy (non-hydrogen) atoms. The third-order valence-corrected chi connectivity index (χ3v) is 4.60. The fourth-order valence-corrected chi connectivity index (χ4v) is 2.42. The van der Waals surface area contributed by atoms with Crippen LogP contribution in [0.2, 0.25) is 0 Å². The molecule has 198 valence electrons. The number of hydrogen-bond donors (Lipinski definition) is 0.